The van der Waals surface area contributed by atoms with Gasteiger partial charge in [-0.3, -0.25) is 4.99 Å². The number of hydrogen-bond acceptors (Lipinski definition) is 5. The van der Waals surface area contributed by atoms with Gasteiger partial charge in [0.2, 0.25) is 0 Å². The Morgan fingerprint density at radius 2 is 2.22 bits per heavy atom. The van der Waals surface area contributed by atoms with Crippen molar-refractivity contribution in [2.24, 2.45) is 4.99 Å². The fourth-order valence-corrected chi connectivity index (χ4v) is 2.56. The van der Waals surface area contributed by atoms with Crippen molar-refractivity contribution < 1.29 is 9.84 Å². The highest BCUT2D eigenvalue weighted by Gasteiger charge is 2.24. The lowest BCUT2D eigenvalue weighted by atomic mass is 10.2. The maximum absolute atomic E-state index is 11.4. The minimum atomic E-state index is -0.550. The van der Waals surface area contributed by atoms with Crippen molar-refractivity contribution in [2.45, 2.75) is 45.3 Å². The summed E-state index contributed by atoms with van der Waals surface area (Å²) < 4.78 is 5.11. The first-order valence-electron chi connectivity index (χ1n) is 6.14. The Bertz CT molecular complexity index is 327. The molecule has 1 fully saturated rings. The first kappa shape index (κ1) is 15.6. The molecule has 1 aliphatic rings. The molecule has 0 radical (unpaired) electrons. The second-order valence-corrected chi connectivity index (χ2v) is 6.20. The monoisotopic (exact) mass is 289 g/mol. The van der Waals surface area contributed by atoms with E-state index in [4.69, 9.17) is 17.0 Å². The standard InChI is InChI=1S/C12H22N2O2S2/c1-12(2,3)16-11(15)13-7-10(18)14-6-4-5-9(14)8-17/h9,17H,4-8H2,1-3H3,(H,13,15)/p-1/t9-/m1/s1. The van der Waals surface area contributed by atoms with E-state index in [9.17, 15) is 5.11 Å². The zero-order valence-corrected chi connectivity index (χ0v) is 12.9. The number of rotatable bonds is 3. The van der Waals surface area contributed by atoms with Crippen molar-refractivity contribution in [3.63, 3.8) is 0 Å². The molecule has 0 N–H and O–H groups in total. The van der Waals surface area contributed by atoms with Crippen LogP contribution in [0.5, 0.6) is 0 Å². The summed E-state index contributed by atoms with van der Waals surface area (Å²) in [5.74, 6) is 0.784. The summed E-state index contributed by atoms with van der Waals surface area (Å²) in [5.41, 5.74) is -0.510. The molecule has 0 aliphatic carbocycles. The molecule has 18 heavy (non-hydrogen) atoms. The smallest absolute Gasteiger partial charge is 0.146 e. The molecule has 0 unspecified atom stereocenters. The van der Waals surface area contributed by atoms with E-state index in [0.717, 1.165) is 25.1 Å². The molecule has 0 aromatic carbocycles. The number of hydrogen-bond donors (Lipinski definition) is 1. The molecule has 1 aliphatic heterocycles. The van der Waals surface area contributed by atoms with Crippen molar-refractivity contribution in [3.8, 4) is 0 Å². The predicted octanol–water partition coefficient (Wildman–Crippen LogP) is 1.24. The van der Waals surface area contributed by atoms with Gasteiger partial charge in [-0.25, -0.2) is 0 Å². The van der Waals surface area contributed by atoms with E-state index < -0.39 is 11.7 Å². The van der Waals surface area contributed by atoms with Crippen LogP contribution in [-0.2, 0) is 4.74 Å². The van der Waals surface area contributed by atoms with Gasteiger partial charge in [0, 0.05) is 23.9 Å². The van der Waals surface area contributed by atoms with Gasteiger partial charge in [0.15, 0.2) is 0 Å². The zero-order chi connectivity index (χ0) is 13.8. The molecule has 0 aromatic heterocycles. The van der Waals surface area contributed by atoms with Crippen LogP contribution in [0.15, 0.2) is 4.99 Å². The van der Waals surface area contributed by atoms with Crippen molar-refractivity contribution in [2.75, 3.05) is 18.8 Å². The lowest BCUT2D eigenvalue weighted by Gasteiger charge is -2.30. The number of thiocarbonyl (C=S) groups is 1. The zero-order valence-electron chi connectivity index (χ0n) is 11.2. The molecule has 0 saturated carbocycles. The molecule has 0 spiro atoms. The summed E-state index contributed by atoms with van der Waals surface area (Å²) in [4.78, 5) is 6.68. The van der Waals surface area contributed by atoms with Gasteiger partial charge in [-0.05, 0) is 12.8 Å². The van der Waals surface area contributed by atoms with E-state index in [1.54, 1.807) is 0 Å². The SMILES string of the molecule is CC(C)(C)OC([O-])=NCC(=S)N1CCC[C@@H]1CS. The van der Waals surface area contributed by atoms with Crippen LogP contribution in [0.1, 0.15) is 33.6 Å². The van der Waals surface area contributed by atoms with Crippen molar-refractivity contribution in [3.05, 3.63) is 0 Å². The highest BCUT2D eigenvalue weighted by molar-refractivity contribution is 7.80. The van der Waals surface area contributed by atoms with Crippen molar-refractivity contribution in [1.82, 2.24) is 4.90 Å². The van der Waals surface area contributed by atoms with Crippen LogP contribution in [0.2, 0.25) is 0 Å². The fraction of sp³-hybridized carbons (Fsp3) is 0.833. The van der Waals surface area contributed by atoms with E-state index in [-0.39, 0.29) is 6.54 Å². The van der Waals surface area contributed by atoms with Gasteiger partial charge in [0.1, 0.15) is 11.1 Å². The molecule has 1 atom stereocenters. The molecule has 104 valence electrons. The molecule has 0 aromatic rings. The molecule has 0 bridgehead atoms. The number of aliphatic imine (C=N–C) groups is 1. The van der Waals surface area contributed by atoms with Crippen LogP contribution >= 0.6 is 24.8 Å². The topological polar surface area (TPSA) is 47.9 Å². The van der Waals surface area contributed by atoms with Crippen LogP contribution in [-0.4, -0.2) is 46.5 Å². The molecule has 1 rings (SSSR count). The number of thiol groups is 1. The number of nitrogens with zero attached hydrogens (tertiary/aromatic N) is 2. The maximum Gasteiger partial charge on any atom is 0.146 e. The van der Waals surface area contributed by atoms with Crippen LogP contribution in [0, 0.1) is 0 Å². The van der Waals surface area contributed by atoms with Crippen LogP contribution < -0.4 is 5.11 Å². The molecular weight excluding hydrogens is 268 g/mol. The van der Waals surface area contributed by atoms with Crippen molar-refractivity contribution in [1.29, 1.82) is 0 Å². The van der Waals surface area contributed by atoms with Crippen LogP contribution in [0.4, 0.5) is 0 Å². The lowest BCUT2D eigenvalue weighted by molar-refractivity contribution is -0.260. The minimum absolute atomic E-state index is 0.231. The van der Waals surface area contributed by atoms with Gasteiger partial charge in [-0.1, -0.05) is 33.0 Å². The first-order valence-corrected chi connectivity index (χ1v) is 7.18. The van der Waals surface area contributed by atoms with Gasteiger partial charge >= 0.3 is 0 Å². The summed E-state index contributed by atoms with van der Waals surface area (Å²) in [6, 6.07) is 0.384. The van der Waals surface area contributed by atoms with E-state index >= 15 is 0 Å². The average Bonchev–Trinajstić information content (AvgIpc) is 2.71. The molecule has 6 heteroatoms. The molecule has 1 heterocycles. The second kappa shape index (κ2) is 6.61. The average molecular weight is 289 g/mol. The largest absolute Gasteiger partial charge is 0.595 e. The van der Waals surface area contributed by atoms with Gasteiger partial charge < -0.3 is 14.7 Å². The van der Waals surface area contributed by atoms with Crippen LogP contribution in [0.3, 0.4) is 0 Å². The molecular formula is C12H21N2O2S2-. The summed E-state index contributed by atoms with van der Waals surface area (Å²) in [6.45, 7) is 6.62. The Labute approximate surface area is 120 Å². The quantitative estimate of drug-likeness (QED) is 0.367. The number of likely N-dealkylation sites (tertiary alicyclic amines) is 1. The third-order valence-electron chi connectivity index (χ3n) is 2.65. The van der Waals surface area contributed by atoms with Gasteiger partial charge in [0.05, 0.1) is 6.54 Å². The minimum Gasteiger partial charge on any atom is -0.595 e. The summed E-state index contributed by atoms with van der Waals surface area (Å²) >= 11 is 9.62. The summed E-state index contributed by atoms with van der Waals surface area (Å²) in [7, 11) is 0. The molecule has 0 amide bonds. The van der Waals surface area contributed by atoms with E-state index in [0.29, 0.717) is 11.0 Å². The summed E-state index contributed by atoms with van der Waals surface area (Å²) in [5, 5.41) is 11.4. The first-order chi connectivity index (χ1) is 8.33. The van der Waals surface area contributed by atoms with E-state index in [1.165, 1.54) is 0 Å². The molecule has 4 nitrogen and oxygen atoms in total. The third kappa shape index (κ3) is 5.02. The Morgan fingerprint density at radius 3 is 2.78 bits per heavy atom. The highest BCUT2D eigenvalue weighted by atomic mass is 32.1. The Hall–Kier alpha value is -0.490. The fourth-order valence-electron chi connectivity index (χ4n) is 1.87. The number of ether oxygens (including phenoxy) is 1. The highest BCUT2D eigenvalue weighted by Crippen LogP contribution is 2.19. The normalized spacial score (nSPS) is 21.2. The van der Waals surface area contributed by atoms with Gasteiger partial charge in [0.25, 0.3) is 0 Å². The van der Waals surface area contributed by atoms with Crippen molar-refractivity contribution >= 4 is 35.9 Å². The maximum atomic E-state index is 11.4. The lowest BCUT2D eigenvalue weighted by Crippen LogP contribution is -2.38. The Kier molecular flexibility index (Phi) is 5.72. The van der Waals surface area contributed by atoms with E-state index in [2.05, 4.69) is 22.5 Å². The van der Waals surface area contributed by atoms with Crippen LogP contribution in [0.25, 0.3) is 0 Å². The Morgan fingerprint density at radius 1 is 1.56 bits per heavy atom. The Balaban J connectivity index is 2.47. The van der Waals surface area contributed by atoms with Gasteiger partial charge in [-0.15, -0.1) is 0 Å². The molecule has 1 saturated heterocycles. The third-order valence-corrected chi connectivity index (χ3v) is 3.43. The predicted molar refractivity (Wildman–Crippen MR) is 79.3 cm³/mol. The second-order valence-electron chi connectivity index (χ2n) is 5.36. The van der Waals surface area contributed by atoms with E-state index in [1.807, 2.05) is 20.8 Å². The summed E-state index contributed by atoms with van der Waals surface area (Å²) in [6.07, 6.45) is 1.68. The van der Waals surface area contributed by atoms with Gasteiger partial charge in [-0.2, -0.15) is 12.6 Å².